The smallest absolute Gasteiger partial charge is 0.310 e. The molecule has 1 fully saturated rings. The van der Waals surface area contributed by atoms with E-state index in [4.69, 9.17) is 4.74 Å². The summed E-state index contributed by atoms with van der Waals surface area (Å²) in [5.41, 5.74) is 0.575. The number of benzene rings is 1. The molecule has 1 atom stereocenters. The van der Waals surface area contributed by atoms with Crippen LogP contribution in [0.1, 0.15) is 30.1 Å². The van der Waals surface area contributed by atoms with Crippen LogP contribution in [0.3, 0.4) is 0 Å². The number of carbonyl (C=O) groups is 2. The minimum absolute atomic E-state index is 0.0782. The van der Waals surface area contributed by atoms with E-state index in [0.29, 0.717) is 30.3 Å². The topological polar surface area (TPSA) is 59.5 Å². The molecule has 0 spiro atoms. The van der Waals surface area contributed by atoms with Gasteiger partial charge >= 0.3 is 5.97 Å². The van der Waals surface area contributed by atoms with Gasteiger partial charge in [-0.3, -0.25) is 9.59 Å². The van der Waals surface area contributed by atoms with Gasteiger partial charge < -0.3 is 9.64 Å². The highest BCUT2D eigenvalue weighted by Crippen LogP contribution is 2.30. The maximum absolute atomic E-state index is 13.1. The number of aromatic nitrogens is 1. The molecule has 6 heteroatoms. The summed E-state index contributed by atoms with van der Waals surface area (Å²) in [6.45, 7) is 3.22. The molecule has 26 heavy (non-hydrogen) atoms. The highest BCUT2D eigenvalue weighted by Gasteiger charge is 2.30. The van der Waals surface area contributed by atoms with Gasteiger partial charge in [0, 0.05) is 24.2 Å². The Morgan fingerprint density at radius 3 is 2.81 bits per heavy atom. The molecule has 0 saturated carbocycles. The number of rotatable bonds is 5. The van der Waals surface area contributed by atoms with E-state index in [9.17, 15) is 9.59 Å². The van der Waals surface area contributed by atoms with E-state index in [1.165, 1.54) is 11.8 Å². The highest BCUT2D eigenvalue weighted by molar-refractivity contribution is 7.99. The van der Waals surface area contributed by atoms with Gasteiger partial charge in [-0.05, 0) is 44.0 Å². The lowest BCUT2D eigenvalue weighted by molar-refractivity contribution is -0.149. The Kier molecular flexibility index (Phi) is 6.28. The molecule has 136 valence electrons. The van der Waals surface area contributed by atoms with Gasteiger partial charge in [-0.15, -0.1) is 0 Å². The molecule has 1 unspecified atom stereocenters. The number of nitrogens with zero attached hydrogens (tertiary/aromatic N) is 2. The van der Waals surface area contributed by atoms with Gasteiger partial charge in [0.2, 0.25) is 0 Å². The summed E-state index contributed by atoms with van der Waals surface area (Å²) < 4.78 is 5.12. The zero-order chi connectivity index (χ0) is 18.4. The first-order valence-corrected chi connectivity index (χ1v) is 9.64. The lowest BCUT2D eigenvalue weighted by Gasteiger charge is -2.31. The molecule has 1 amide bonds. The molecule has 0 N–H and O–H groups in total. The zero-order valence-electron chi connectivity index (χ0n) is 14.8. The minimum atomic E-state index is -0.241. The van der Waals surface area contributed by atoms with Crippen molar-refractivity contribution in [2.24, 2.45) is 5.92 Å². The standard InChI is InChI=1S/C20H22N2O3S/c1-2-25-20(24)15-8-7-13-22(14-15)19(23)17-11-6-12-21-18(17)26-16-9-4-3-5-10-16/h3-6,9-12,15H,2,7-8,13-14H2,1H3. The molecule has 1 aliphatic heterocycles. The van der Waals surface area contributed by atoms with Crippen LogP contribution >= 0.6 is 11.8 Å². The molecule has 1 aromatic carbocycles. The first-order chi connectivity index (χ1) is 12.7. The van der Waals surface area contributed by atoms with Crippen molar-refractivity contribution >= 4 is 23.6 Å². The Balaban J connectivity index is 1.76. The fourth-order valence-electron chi connectivity index (χ4n) is 3.02. The zero-order valence-corrected chi connectivity index (χ0v) is 15.6. The number of likely N-dealkylation sites (tertiary alicyclic amines) is 1. The number of esters is 1. The molecule has 0 aliphatic carbocycles. The number of hydrogen-bond acceptors (Lipinski definition) is 5. The van der Waals surface area contributed by atoms with Crippen molar-refractivity contribution < 1.29 is 14.3 Å². The lowest BCUT2D eigenvalue weighted by Crippen LogP contribution is -2.43. The molecule has 2 heterocycles. The average Bonchev–Trinajstić information content (AvgIpc) is 2.69. The van der Waals surface area contributed by atoms with Gasteiger partial charge in [0.15, 0.2) is 0 Å². The number of amides is 1. The summed E-state index contributed by atoms with van der Waals surface area (Å²) in [5.74, 6) is -0.532. The Labute approximate surface area is 157 Å². The van der Waals surface area contributed by atoms with E-state index in [1.54, 1.807) is 30.2 Å². The Hall–Kier alpha value is -2.34. The average molecular weight is 370 g/mol. The van der Waals surface area contributed by atoms with Gasteiger partial charge in [0.05, 0.1) is 18.1 Å². The Morgan fingerprint density at radius 1 is 1.23 bits per heavy atom. The first kappa shape index (κ1) is 18.5. The van der Waals surface area contributed by atoms with Crippen LogP contribution in [0.2, 0.25) is 0 Å². The van der Waals surface area contributed by atoms with Gasteiger partial charge in [0.25, 0.3) is 5.91 Å². The number of ether oxygens (including phenoxy) is 1. The van der Waals surface area contributed by atoms with Gasteiger partial charge in [0.1, 0.15) is 5.03 Å². The van der Waals surface area contributed by atoms with E-state index in [-0.39, 0.29) is 17.8 Å². The number of piperidine rings is 1. The van der Waals surface area contributed by atoms with Crippen molar-refractivity contribution in [3.05, 3.63) is 54.2 Å². The predicted molar refractivity (Wildman–Crippen MR) is 100 cm³/mol. The fraction of sp³-hybridized carbons (Fsp3) is 0.350. The van der Waals surface area contributed by atoms with Crippen LogP contribution < -0.4 is 0 Å². The first-order valence-electron chi connectivity index (χ1n) is 8.83. The van der Waals surface area contributed by atoms with Crippen molar-refractivity contribution in [2.45, 2.75) is 29.7 Å². The second kappa shape index (κ2) is 8.85. The van der Waals surface area contributed by atoms with Gasteiger partial charge in [-0.2, -0.15) is 0 Å². The largest absolute Gasteiger partial charge is 0.466 e. The van der Waals surface area contributed by atoms with E-state index < -0.39 is 0 Å². The monoisotopic (exact) mass is 370 g/mol. The molecule has 1 saturated heterocycles. The van der Waals surface area contributed by atoms with Crippen LogP contribution in [0.5, 0.6) is 0 Å². The Morgan fingerprint density at radius 2 is 2.04 bits per heavy atom. The van der Waals surface area contributed by atoms with E-state index in [2.05, 4.69) is 4.98 Å². The summed E-state index contributed by atoms with van der Waals surface area (Å²) in [5, 5.41) is 0.682. The number of hydrogen-bond donors (Lipinski definition) is 0. The molecular weight excluding hydrogens is 348 g/mol. The third kappa shape index (κ3) is 4.43. The number of carbonyl (C=O) groups excluding carboxylic acids is 2. The maximum Gasteiger partial charge on any atom is 0.310 e. The molecule has 1 aromatic heterocycles. The quantitative estimate of drug-likeness (QED) is 0.752. The SMILES string of the molecule is CCOC(=O)C1CCCN(C(=O)c2cccnc2Sc2ccccc2)C1. The highest BCUT2D eigenvalue weighted by atomic mass is 32.2. The third-order valence-electron chi connectivity index (χ3n) is 4.29. The predicted octanol–water partition coefficient (Wildman–Crippen LogP) is 3.65. The van der Waals surface area contributed by atoms with Crippen LogP contribution in [-0.4, -0.2) is 41.5 Å². The second-order valence-corrected chi connectivity index (χ2v) is 7.18. The summed E-state index contributed by atoms with van der Waals surface area (Å²) >= 11 is 1.47. The van der Waals surface area contributed by atoms with Crippen molar-refractivity contribution in [1.29, 1.82) is 0 Å². The van der Waals surface area contributed by atoms with Crippen molar-refractivity contribution in [1.82, 2.24) is 9.88 Å². The van der Waals surface area contributed by atoms with Gasteiger partial charge in [-0.25, -0.2) is 4.98 Å². The third-order valence-corrected chi connectivity index (χ3v) is 5.31. The summed E-state index contributed by atoms with van der Waals surface area (Å²) in [6.07, 6.45) is 3.26. The molecule has 1 aliphatic rings. The maximum atomic E-state index is 13.1. The van der Waals surface area contributed by atoms with E-state index >= 15 is 0 Å². The fourth-order valence-corrected chi connectivity index (χ4v) is 3.91. The lowest BCUT2D eigenvalue weighted by atomic mass is 9.97. The van der Waals surface area contributed by atoms with E-state index in [1.807, 2.05) is 30.3 Å². The molecule has 0 radical (unpaired) electrons. The molecule has 0 bridgehead atoms. The van der Waals surface area contributed by atoms with Crippen LogP contribution in [-0.2, 0) is 9.53 Å². The normalized spacial score (nSPS) is 17.0. The number of pyridine rings is 1. The van der Waals surface area contributed by atoms with Crippen molar-refractivity contribution in [2.75, 3.05) is 19.7 Å². The summed E-state index contributed by atoms with van der Waals surface area (Å²) in [4.78, 5) is 32.3. The second-order valence-electron chi connectivity index (χ2n) is 6.11. The minimum Gasteiger partial charge on any atom is -0.466 e. The molecular formula is C20H22N2O3S. The molecule has 3 rings (SSSR count). The van der Waals surface area contributed by atoms with Crippen LogP contribution in [0, 0.1) is 5.92 Å². The van der Waals surface area contributed by atoms with E-state index in [0.717, 1.165) is 17.7 Å². The van der Waals surface area contributed by atoms with Crippen molar-refractivity contribution in [3.63, 3.8) is 0 Å². The Bertz CT molecular complexity index is 767. The van der Waals surface area contributed by atoms with Crippen LogP contribution in [0.4, 0.5) is 0 Å². The molecule has 2 aromatic rings. The summed E-state index contributed by atoms with van der Waals surface area (Å²) in [6, 6.07) is 13.4. The summed E-state index contributed by atoms with van der Waals surface area (Å²) in [7, 11) is 0. The van der Waals surface area contributed by atoms with Gasteiger partial charge in [-0.1, -0.05) is 30.0 Å². The van der Waals surface area contributed by atoms with Crippen LogP contribution in [0.25, 0.3) is 0 Å². The molecule has 5 nitrogen and oxygen atoms in total. The van der Waals surface area contributed by atoms with Crippen molar-refractivity contribution in [3.8, 4) is 0 Å². The van der Waals surface area contributed by atoms with Crippen LogP contribution in [0.15, 0.2) is 58.6 Å².